The van der Waals surface area contributed by atoms with E-state index in [1.165, 1.54) is 6.92 Å². The topological polar surface area (TPSA) is 64.1 Å². The predicted molar refractivity (Wildman–Crippen MR) is 71.8 cm³/mol. The number of amides is 1. The summed E-state index contributed by atoms with van der Waals surface area (Å²) >= 11 is 0. The molecule has 1 amide bonds. The van der Waals surface area contributed by atoms with E-state index < -0.39 is 11.9 Å². The van der Waals surface area contributed by atoms with Crippen molar-refractivity contribution in [2.75, 3.05) is 13.2 Å². The van der Waals surface area contributed by atoms with E-state index in [0.717, 1.165) is 25.5 Å². The van der Waals surface area contributed by atoms with Crippen molar-refractivity contribution in [3.63, 3.8) is 0 Å². The predicted octanol–water partition coefficient (Wildman–Crippen LogP) is 2.24. The van der Waals surface area contributed by atoms with Gasteiger partial charge in [0.2, 0.25) is 5.91 Å². The summed E-state index contributed by atoms with van der Waals surface area (Å²) in [5.74, 6) is -0.104. The highest BCUT2D eigenvalue weighted by atomic mass is 19.4. The molecule has 22 heavy (non-hydrogen) atoms. The van der Waals surface area contributed by atoms with Crippen LogP contribution >= 0.6 is 0 Å². The van der Waals surface area contributed by atoms with Gasteiger partial charge in [-0.25, -0.2) is 9.97 Å². The summed E-state index contributed by atoms with van der Waals surface area (Å²) in [5.41, 5.74) is -0.780. The number of halogens is 3. The molecule has 1 atom stereocenters. The fraction of sp³-hybridized carbons (Fsp3) is 0.643. The first kappa shape index (κ1) is 16.7. The highest BCUT2D eigenvalue weighted by molar-refractivity contribution is 5.76. The number of hydrogen-bond donors (Lipinski definition) is 1. The molecule has 1 fully saturated rings. The molecule has 2 heterocycles. The monoisotopic (exact) mass is 317 g/mol. The zero-order valence-electron chi connectivity index (χ0n) is 12.2. The van der Waals surface area contributed by atoms with Crippen molar-refractivity contribution < 1.29 is 22.7 Å². The number of aromatic nitrogens is 2. The summed E-state index contributed by atoms with van der Waals surface area (Å²) in [6, 6.07) is 0.880. The van der Waals surface area contributed by atoms with Crippen LogP contribution in [0, 0.1) is 12.8 Å². The van der Waals surface area contributed by atoms with E-state index in [4.69, 9.17) is 4.74 Å². The Kier molecular flexibility index (Phi) is 5.33. The molecule has 1 aliphatic rings. The van der Waals surface area contributed by atoms with Gasteiger partial charge in [-0.2, -0.15) is 13.2 Å². The Morgan fingerprint density at radius 3 is 2.86 bits per heavy atom. The van der Waals surface area contributed by atoms with Gasteiger partial charge in [-0.1, -0.05) is 0 Å². The molecule has 1 aromatic rings. The summed E-state index contributed by atoms with van der Waals surface area (Å²) in [6.45, 7) is 2.61. The maximum atomic E-state index is 12.7. The number of nitrogens with zero attached hydrogens (tertiary/aromatic N) is 2. The maximum absolute atomic E-state index is 12.7. The molecule has 5 nitrogen and oxygen atoms in total. The summed E-state index contributed by atoms with van der Waals surface area (Å²) in [4.78, 5) is 19.2. The van der Waals surface area contributed by atoms with Crippen LogP contribution in [-0.4, -0.2) is 29.1 Å². The minimum atomic E-state index is -4.52. The average molecular weight is 317 g/mol. The molecule has 8 heteroatoms. The molecule has 0 aliphatic carbocycles. The van der Waals surface area contributed by atoms with E-state index >= 15 is 0 Å². The lowest BCUT2D eigenvalue weighted by molar-refractivity contribution is -0.141. The Morgan fingerprint density at radius 2 is 2.23 bits per heavy atom. The van der Waals surface area contributed by atoms with Crippen LogP contribution in [0.2, 0.25) is 0 Å². The minimum Gasteiger partial charge on any atom is -0.381 e. The van der Waals surface area contributed by atoms with E-state index in [2.05, 4.69) is 15.3 Å². The molecule has 1 aliphatic heterocycles. The van der Waals surface area contributed by atoms with Crippen molar-refractivity contribution in [2.45, 2.75) is 38.9 Å². The Hall–Kier alpha value is -1.70. The van der Waals surface area contributed by atoms with Crippen LogP contribution in [0.5, 0.6) is 0 Å². The molecule has 0 saturated carbocycles. The van der Waals surface area contributed by atoms with E-state index in [0.29, 0.717) is 13.0 Å². The van der Waals surface area contributed by atoms with Crippen molar-refractivity contribution in [3.05, 3.63) is 23.3 Å². The molecule has 1 aromatic heterocycles. The number of nitrogens with one attached hydrogen (secondary N) is 1. The van der Waals surface area contributed by atoms with Gasteiger partial charge in [0.15, 0.2) is 0 Å². The van der Waals surface area contributed by atoms with E-state index in [1.807, 2.05) is 0 Å². The van der Waals surface area contributed by atoms with Crippen molar-refractivity contribution in [3.8, 4) is 0 Å². The Labute approximate surface area is 126 Å². The van der Waals surface area contributed by atoms with Crippen molar-refractivity contribution in [1.29, 1.82) is 0 Å². The molecule has 2 rings (SSSR count). The number of aryl methyl sites for hydroxylation is 1. The Morgan fingerprint density at radius 1 is 1.45 bits per heavy atom. The molecule has 0 aromatic carbocycles. The molecule has 0 spiro atoms. The van der Waals surface area contributed by atoms with Crippen LogP contribution in [0.4, 0.5) is 13.2 Å². The SMILES string of the molecule is Cc1cc(C(F)(F)F)nc(CNC(=O)CC2CCCOC2)n1. The molecular formula is C14H18F3N3O2. The fourth-order valence-electron chi connectivity index (χ4n) is 2.33. The smallest absolute Gasteiger partial charge is 0.381 e. The molecular weight excluding hydrogens is 299 g/mol. The van der Waals surface area contributed by atoms with Gasteiger partial charge in [0.25, 0.3) is 0 Å². The van der Waals surface area contributed by atoms with Crippen LogP contribution in [0.1, 0.15) is 36.5 Å². The van der Waals surface area contributed by atoms with Gasteiger partial charge in [0, 0.05) is 25.3 Å². The van der Waals surface area contributed by atoms with Crippen molar-refractivity contribution in [1.82, 2.24) is 15.3 Å². The quantitative estimate of drug-likeness (QED) is 0.925. The largest absolute Gasteiger partial charge is 0.433 e. The molecule has 0 radical (unpaired) electrons. The number of rotatable bonds is 4. The maximum Gasteiger partial charge on any atom is 0.433 e. The molecule has 122 valence electrons. The van der Waals surface area contributed by atoms with Gasteiger partial charge in [-0.05, 0) is 31.7 Å². The van der Waals surface area contributed by atoms with Crippen LogP contribution in [0.15, 0.2) is 6.07 Å². The highest BCUT2D eigenvalue weighted by Crippen LogP contribution is 2.27. The van der Waals surface area contributed by atoms with Gasteiger partial charge in [-0.3, -0.25) is 4.79 Å². The second kappa shape index (κ2) is 7.04. The number of carbonyl (C=O) groups is 1. The third-order valence-electron chi connectivity index (χ3n) is 3.36. The molecule has 1 saturated heterocycles. The van der Waals surface area contributed by atoms with Crippen molar-refractivity contribution in [2.24, 2.45) is 5.92 Å². The third-order valence-corrected chi connectivity index (χ3v) is 3.36. The van der Waals surface area contributed by atoms with Gasteiger partial charge < -0.3 is 10.1 Å². The normalized spacial score (nSPS) is 19.0. The molecule has 1 N–H and O–H groups in total. The summed E-state index contributed by atoms with van der Waals surface area (Å²) < 4.78 is 43.3. The van der Waals surface area contributed by atoms with Gasteiger partial charge in [0.1, 0.15) is 11.5 Å². The summed E-state index contributed by atoms with van der Waals surface area (Å²) in [6.07, 6.45) is -2.37. The number of carbonyl (C=O) groups excluding carboxylic acids is 1. The number of ether oxygens (including phenoxy) is 1. The molecule has 1 unspecified atom stereocenters. The van der Waals surface area contributed by atoms with Gasteiger partial charge in [0.05, 0.1) is 6.54 Å². The van der Waals surface area contributed by atoms with E-state index in [9.17, 15) is 18.0 Å². The Bertz CT molecular complexity index is 529. The zero-order chi connectivity index (χ0) is 16.2. The van der Waals surface area contributed by atoms with E-state index in [-0.39, 0.29) is 29.9 Å². The fourth-order valence-corrected chi connectivity index (χ4v) is 2.33. The van der Waals surface area contributed by atoms with Crippen LogP contribution < -0.4 is 5.32 Å². The third kappa shape index (κ3) is 4.94. The first-order valence-corrected chi connectivity index (χ1v) is 7.11. The zero-order valence-corrected chi connectivity index (χ0v) is 12.2. The first-order valence-electron chi connectivity index (χ1n) is 7.11. The average Bonchev–Trinajstić information content (AvgIpc) is 2.45. The lowest BCUT2D eigenvalue weighted by Crippen LogP contribution is -2.29. The summed E-state index contributed by atoms with van der Waals surface area (Å²) in [7, 11) is 0. The lowest BCUT2D eigenvalue weighted by Gasteiger charge is -2.21. The second-order valence-electron chi connectivity index (χ2n) is 5.37. The first-order chi connectivity index (χ1) is 10.3. The number of hydrogen-bond acceptors (Lipinski definition) is 4. The van der Waals surface area contributed by atoms with Crippen LogP contribution in [-0.2, 0) is 22.3 Å². The Balaban J connectivity index is 1.90. The lowest BCUT2D eigenvalue weighted by atomic mass is 9.98. The molecule has 0 bridgehead atoms. The van der Waals surface area contributed by atoms with Gasteiger partial charge in [-0.15, -0.1) is 0 Å². The second-order valence-corrected chi connectivity index (χ2v) is 5.37. The summed E-state index contributed by atoms with van der Waals surface area (Å²) in [5, 5.41) is 2.57. The van der Waals surface area contributed by atoms with Crippen LogP contribution in [0.3, 0.4) is 0 Å². The highest BCUT2D eigenvalue weighted by Gasteiger charge is 2.33. The standard InChI is InChI=1S/C14H18F3N3O2/c1-9-5-11(14(15,16)17)20-12(19-9)7-18-13(21)6-10-3-2-4-22-8-10/h5,10H,2-4,6-8H2,1H3,(H,18,21). The minimum absolute atomic E-state index is 0.0411. The number of alkyl halides is 3. The van der Waals surface area contributed by atoms with E-state index in [1.54, 1.807) is 0 Å². The van der Waals surface area contributed by atoms with Crippen LogP contribution in [0.25, 0.3) is 0 Å². The van der Waals surface area contributed by atoms with Gasteiger partial charge >= 0.3 is 6.18 Å². The van der Waals surface area contributed by atoms with Crippen molar-refractivity contribution >= 4 is 5.91 Å².